The molecule has 0 fully saturated rings. The van der Waals surface area contributed by atoms with Crippen molar-refractivity contribution in [3.05, 3.63) is 29.3 Å². The second kappa shape index (κ2) is 10.3. The summed E-state index contributed by atoms with van der Waals surface area (Å²) in [7, 11) is 1.70. The molecule has 0 aliphatic heterocycles. The maximum absolute atomic E-state index is 10.5. The van der Waals surface area contributed by atoms with Gasteiger partial charge in [-0.25, -0.2) is 0 Å². The van der Waals surface area contributed by atoms with E-state index >= 15 is 0 Å². The monoisotopic (exact) mass is 335 g/mol. The van der Waals surface area contributed by atoms with Crippen LogP contribution in [0.4, 0.5) is 0 Å². The molecule has 1 rings (SSSR count). The normalized spacial score (nSPS) is 13.5. The molecule has 0 spiro atoms. The van der Waals surface area contributed by atoms with E-state index in [4.69, 9.17) is 9.84 Å². The second-order valence-electron chi connectivity index (χ2n) is 6.70. The summed E-state index contributed by atoms with van der Waals surface area (Å²) in [6, 6.07) is 6.28. The Morgan fingerprint density at radius 2 is 1.88 bits per heavy atom. The molecular weight excluding hydrogens is 302 g/mol. The minimum Gasteiger partial charge on any atom is -0.497 e. The van der Waals surface area contributed by atoms with Crippen molar-refractivity contribution in [3.8, 4) is 5.75 Å². The summed E-state index contributed by atoms with van der Waals surface area (Å²) >= 11 is 0. The number of hydrogen-bond acceptors (Lipinski definition) is 3. The smallest absolute Gasteiger partial charge is 0.303 e. The van der Waals surface area contributed by atoms with Crippen molar-refractivity contribution < 1.29 is 14.6 Å². The molecule has 0 amide bonds. The molecule has 1 unspecified atom stereocenters. The van der Waals surface area contributed by atoms with Gasteiger partial charge in [0.2, 0.25) is 0 Å². The highest BCUT2D eigenvalue weighted by Crippen LogP contribution is 2.29. The number of nitrogens with one attached hydrogen (secondary N) is 1. The second-order valence-corrected chi connectivity index (χ2v) is 6.70. The van der Waals surface area contributed by atoms with Crippen molar-refractivity contribution in [2.75, 3.05) is 13.7 Å². The molecule has 0 heterocycles. The Labute approximate surface area is 146 Å². The Bertz CT molecular complexity index is 516. The predicted octanol–water partition coefficient (Wildman–Crippen LogP) is 4.64. The number of unbranched alkanes of at least 4 members (excludes halogenated alkanes) is 4. The van der Waals surface area contributed by atoms with E-state index in [0.717, 1.165) is 50.8 Å². The third-order valence-electron chi connectivity index (χ3n) is 4.82. The molecular formula is C20H33NO3. The number of carbonyl (C=O) groups is 1. The maximum Gasteiger partial charge on any atom is 0.303 e. The molecule has 0 aliphatic rings. The molecule has 1 atom stereocenters. The first-order valence-corrected chi connectivity index (χ1v) is 9.05. The lowest BCUT2D eigenvalue weighted by atomic mass is 9.86. The zero-order valence-corrected chi connectivity index (χ0v) is 15.7. The SMILES string of the molecule is CCC(C)(NCCCCCCCC(=O)O)c1ccc(OC)cc1C. The molecule has 0 bridgehead atoms. The number of hydrogen-bond donors (Lipinski definition) is 2. The first-order chi connectivity index (χ1) is 11.4. The Hall–Kier alpha value is -1.55. The molecule has 0 aliphatic carbocycles. The van der Waals surface area contributed by atoms with Crippen LogP contribution >= 0.6 is 0 Å². The minimum absolute atomic E-state index is 0.0281. The molecule has 0 saturated heterocycles. The highest BCUT2D eigenvalue weighted by molar-refractivity contribution is 5.66. The molecule has 0 saturated carbocycles. The van der Waals surface area contributed by atoms with Crippen molar-refractivity contribution in [2.45, 2.75) is 71.3 Å². The van der Waals surface area contributed by atoms with Gasteiger partial charge in [0.05, 0.1) is 7.11 Å². The lowest BCUT2D eigenvalue weighted by Crippen LogP contribution is -2.40. The number of aryl methyl sites for hydroxylation is 1. The van der Waals surface area contributed by atoms with Crippen LogP contribution in [0.1, 0.15) is 69.9 Å². The summed E-state index contributed by atoms with van der Waals surface area (Å²) in [5, 5.41) is 12.3. The van der Waals surface area contributed by atoms with Crippen LogP contribution in [-0.2, 0) is 10.3 Å². The number of rotatable bonds is 12. The fourth-order valence-corrected chi connectivity index (χ4v) is 3.09. The van der Waals surface area contributed by atoms with Crippen LogP contribution in [0, 0.1) is 6.92 Å². The van der Waals surface area contributed by atoms with Crippen LogP contribution in [0.5, 0.6) is 5.75 Å². The van der Waals surface area contributed by atoms with Gasteiger partial charge in [-0.2, -0.15) is 0 Å². The van der Waals surface area contributed by atoms with E-state index in [1.54, 1.807) is 7.11 Å². The summed E-state index contributed by atoms with van der Waals surface area (Å²) in [6.45, 7) is 7.59. The lowest BCUT2D eigenvalue weighted by Gasteiger charge is -2.32. The summed E-state index contributed by atoms with van der Waals surface area (Å²) < 4.78 is 5.30. The molecule has 1 aromatic rings. The molecule has 4 nitrogen and oxygen atoms in total. The lowest BCUT2D eigenvalue weighted by molar-refractivity contribution is -0.137. The Morgan fingerprint density at radius 1 is 1.21 bits per heavy atom. The Morgan fingerprint density at radius 3 is 2.46 bits per heavy atom. The van der Waals surface area contributed by atoms with Crippen LogP contribution in [0.15, 0.2) is 18.2 Å². The van der Waals surface area contributed by atoms with Crippen molar-refractivity contribution in [3.63, 3.8) is 0 Å². The van der Waals surface area contributed by atoms with E-state index in [-0.39, 0.29) is 5.54 Å². The average Bonchev–Trinajstić information content (AvgIpc) is 2.56. The van der Waals surface area contributed by atoms with E-state index in [1.807, 2.05) is 6.07 Å². The summed E-state index contributed by atoms with van der Waals surface area (Å²) in [5.41, 5.74) is 2.55. The first-order valence-electron chi connectivity index (χ1n) is 9.05. The van der Waals surface area contributed by atoms with Crippen molar-refractivity contribution >= 4 is 5.97 Å². The maximum atomic E-state index is 10.5. The zero-order valence-electron chi connectivity index (χ0n) is 15.7. The fourth-order valence-electron chi connectivity index (χ4n) is 3.09. The minimum atomic E-state index is -0.690. The molecule has 2 N–H and O–H groups in total. The van der Waals surface area contributed by atoms with E-state index in [1.165, 1.54) is 11.1 Å². The first kappa shape index (κ1) is 20.5. The third kappa shape index (κ3) is 6.52. The number of benzene rings is 1. The van der Waals surface area contributed by atoms with Crippen LogP contribution < -0.4 is 10.1 Å². The van der Waals surface area contributed by atoms with Crippen molar-refractivity contribution in [1.82, 2.24) is 5.32 Å². The largest absolute Gasteiger partial charge is 0.497 e. The number of methoxy groups -OCH3 is 1. The van der Waals surface area contributed by atoms with Gasteiger partial charge in [-0.1, -0.05) is 32.3 Å². The van der Waals surface area contributed by atoms with Crippen LogP contribution in [-0.4, -0.2) is 24.7 Å². The quantitative estimate of drug-likeness (QED) is 0.546. The molecule has 136 valence electrons. The van der Waals surface area contributed by atoms with Gasteiger partial charge in [0, 0.05) is 12.0 Å². The highest BCUT2D eigenvalue weighted by atomic mass is 16.5. The summed E-state index contributed by atoms with van der Waals surface area (Å²) in [4.78, 5) is 10.5. The highest BCUT2D eigenvalue weighted by Gasteiger charge is 2.25. The van der Waals surface area contributed by atoms with Crippen molar-refractivity contribution in [2.24, 2.45) is 0 Å². The van der Waals surface area contributed by atoms with Crippen molar-refractivity contribution in [1.29, 1.82) is 0 Å². The summed E-state index contributed by atoms with van der Waals surface area (Å²) in [6.07, 6.45) is 6.50. The Kier molecular flexibility index (Phi) is 8.83. The predicted molar refractivity (Wildman–Crippen MR) is 98.7 cm³/mol. The van der Waals surface area contributed by atoms with Crippen LogP contribution in [0.2, 0.25) is 0 Å². The number of aliphatic carboxylic acids is 1. The van der Waals surface area contributed by atoms with Gasteiger partial charge >= 0.3 is 5.97 Å². The van der Waals surface area contributed by atoms with Crippen LogP contribution in [0.3, 0.4) is 0 Å². The number of carboxylic acids is 1. The van der Waals surface area contributed by atoms with Crippen LogP contribution in [0.25, 0.3) is 0 Å². The molecule has 4 heteroatoms. The topological polar surface area (TPSA) is 58.6 Å². The van der Waals surface area contributed by atoms with Gasteiger partial charge in [-0.3, -0.25) is 4.79 Å². The average molecular weight is 335 g/mol. The molecule has 1 aromatic carbocycles. The summed E-state index contributed by atoms with van der Waals surface area (Å²) in [5.74, 6) is 0.210. The fraction of sp³-hybridized carbons (Fsp3) is 0.650. The number of ether oxygens (including phenoxy) is 1. The van der Waals surface area contributed by atoms with Gasteiger partial charge in [-0.05, 0) is 62.9 Å². The van der Waals surface area contributed by atoms with E-state index < -0.39 is 5.97 Å². The molecule has 0 radical (unpaired) electrons. The Balaban J connectivity index is 2.41. The van der Waals surface area contributed by atoms with E-state index in [9.17, 15) is 4.79 Å². The molecule has 0 aromatic heterocycles. The third-order valence-corrected chi connectivity index (χ3v) is 4.82. The standard InChI is InChI=1S/C20H33NO3/c1-5-20(3,18-13-12-17(24-4)15-16(18)2)21-14-10-8-6-7-9-11-19(22)23/h12-13,15,21H,5-11,14H2,1-4H3,(H,22,23). The van der Waals surface area contributed by atoms with Gasteiger partial charge < -0.3 is 15.2 Å². The zero-order chi connectivity index (χ0) is 18.0. The van der Waals surface area contributed by atoms with Gasteiger partial charge in [0.1, 0.15) is 5.75 Å². The number of carboxylic acid groups (broad SMARTS) is 1. The van der Waals surface area contributed by atoms with E-state index in [0.29, 0.717) is 6.42 Å². The molecule has 24 heavy (non-hydrogen) atoms. The van der Waals surface area contributed by atoms with Gasteiger partial charge in [0.25, 0.3) is 0 Å². The van der Waals surface area contributed by atoms with E-state index in [2.05, 4.69) is 38.2 Å². The van der Waals surface area contributed by atoms with Gasteiger partial charge in [-0.15, -0.1) is 0 Å². The van der Waals surface area contributed by atoms with Gasteiger partial charge in [0.15, 0.2) is 0 Å².